The van der Waals surface area contributed by atoms with E-state index in [9.17, 15) is 4.79 Å². The minimum absolute atomic E-state index is 0.0850. The molecule has 2 fully saturated rings. The summed E-state index contributed by atoms with van der Waals surface area (Å²) in [5.41, 5.74) is 4.67. The Morgan fingerprint density at radius 2 is 1.97 bits per heavy atom. The second-order valence-corrected chi connectivity index (χ2v) is 8.98. The number of morpholine rings is 1. The van der Waals surface area contributed by atoms with E-state index in [0.717, 1.165) is 85.3 Å². The van der Waals surface area contributed by atoms with Gasteiger partial charge in [-0.3, -0.25) is 4.79 Å². The zero-order valence-electron chi connectivity index (χ0n) is 20.3. The molecule has 0 spiro atoms. The third kappa shape index (κ3) is 5.22. The number of carbonyl (C=O) groups excluding carboxylic acids is 1. The SMILES string of the molecule is COc1cc(/C=C2\CCCN(Cc3ccc(N4CCOCC4)nc3)C2=O)ccc1-n1cnc(C)c1. The van der Waals surface area contributed by atoms with Crippen molar-refractivity contribution in [3.63, 3.8) is 0 Å². The molecule has 2 saturated heterocycles. The molecular weight excluding hydrogens is 442 g/mol. The monoisotopic (exact) mass is 473 g/mol. The van der Waals surface area contributed by atoms with Crippen molar-refractivity contribution in [2.45, 2.75) is 26.3 Å². The summed E-state index contributed by atoms with van der Waals surface area (Å²) in [5.74, 6) is 1.79. The Hall–Kier alpha value is -3.65. The first-order chi connectivity index (χ1) is 17.1. The lowest BCUT2D eigenvalue weighted by atomic mass is 10.00. The average Bonchev–Trinajstić information content (AvgIpc) is 3.33. The van der Waals surface area contributed by atoms with Gasteiger partial charge in [-0.2, -0.15) is 0 Å². The molecule has 4 heterocycles. The number of ether oxygens (including phenoxy) is 2. The molecule has 35 heavy (non-hydrogen) atoms. The van der Waals surface area contributed by atoms with Crippen molar-refractivity contribution in [1.29, 1.82) is 0 Å². The molecule has 3 aromatic rings. The van der Waals surface area contributed by atoms with Gasteiger partial charge in [0.25, 0.3) is 0 Å². The molecule has 1 aromatic carbocycles. The van der Waals surface area contributed by atoms with Gasteiger partial charge in [0.05, 0.1) is 38.0 Å². The van der Waals surface area contributed by atoms with E-state index in [1.165, 1.54) is 0 Å². The molecule has 0 bridgehead atoms. The Morgan fingerprint density at radius 3 is 2.69 bits per heavy atom. The summed E-state index contributed by atoms with van der Waals surface area (Å²) in [7, 11) is 1.66. The van der Waals surface area contributed by atoms with Crippen LogP contribution in [0.3, 0.4) is 0 Å². The van der Waals surface area contributed by atoms with Crippen molar-refractivity contribution in [2.24, 2.45) is 0 Å². The number of amides is 1. The Labute approximate surface area is 205 Å². The van der Waals surface area contributed by atoms with E-state index in [1.807, 2.05) is 59.1 Å². The predicted octanol–water partition coefficient (Wildman–Crippen LogP) is 3.63. The number of pyridine rings is 1. The fourth-order valence-electron chi connectivity index (χ4n) is 4.62. The standard InChI is InChI=1S/C27H31N5O3/c1-20-17-32(19-29-20)24-7-5-21(15-25(24)34-2)14-23-4-3-9-31(27(23)33)18-22-6-8-26(28-16-22)30-10-12-35-13-11-30/h5-8,14-17,19H,3-4,9-13,18H2,1-2H3/b23-14+. The van der Waals surface area contributed by atoms with Gasteiger partial charge in [0.1, 0.15) is 11.6 Å². The van der Waals surface area contributed by atoms with E-state index < -0.39 is 0 Å². The van der Waals surface area contributed by atoms with Crippen molar-refractivity contribution >= 4 is 17.8 Å². The number of imidazole rings is 1. The van der Waals surface area contributed by atoms with E-state index in [2.05, 4.69) is 20.9 Å². The third-order valence-corrected chi connectivity index (χ3v) is 6.49. The largest absolute Gasteiger partial charge is 0.495 e. The summed E-state index contributed by atoms with van der Waals surface area (Å²) in [6, 6.07) is 10.1. The minimum Gasteiger partial charge on any atom is -0.495 e. The summed E-state index contributed by atoms with van der Waals surface area (Å²) in [5, 5.41) is 0. The number of aryl methyl sites for hydroxylation is 1. The molecule has 0 N–H and O–H groups in total. The molecule has 2 aliphatic heterocycles. The maximum Gasteiger partial charge on any atom is 0.250 e. The highest BCUT2D eigenvalue weighted by Gasteiger charge is 2.23. The normalized spacial score (nSPS) is 17.8. The second kappa shape index (κ2) is 10.3. The molecule has 0 aliphatic carbocycles. The van der Waals surface area contributed by atoms with Crippen LogP contribution >= 0.6 is 0 Å². The number of rotatable bonds is 6. The van der Waals surface area contributed by atoms with Gasteiger partial charge in [-0.15, -0.1) is 0 Å². The fraction of sp³-hybridized carbons (Fsp3) is 0.370. The van der Waals surface area contributed by atoms with E-state index in [1.54, 1.807) is 13.4 Å². The number of nitrogens with zero attached hydrogens (tertiary/aromatic N) is 5. The predicted molar refractivity (Wildman–Crippen MR) is 135 cm³/mol. The molecule has 2 aromatic heterocycles. The Balaban J connectivity index is 1.29. The molecule has 0 atom stereocenters. The van der Waals surface area contributed by atoms with Crippen molar-refractivity contribution in [3.05, 3.63) is 71.4 Å². The molecule has 0 unspecified atom stereocenters. The molecule has 5 rings (SSSR count). The van der Waals surface area contributed by atoms with Gasteiger partial charge in [-0.1, -0.05) is 12.1 Å². The summed E-state index contributed by atoms with van der Waals surface area (Å²) in [4.78, 5) is 26.3. The van der Waals surface area contributed by atoms with Crippen LogP contribution in [0.5, 0.6) is 5.75 Å². The summed E-state index contributed by atoms with van der Waals surface area (Å²) in [6.07, 6.45) is 9.32. The van der Waals surface area contributed by atoms with Gasteiger partial charge in [0, 0.05) is 44.1 Å². The molecular formula is C27H31N5O3. The fourth-order valence-corrected chi connectivity index (χ4v) is 4.62. The van der Waals surface area contributed by atoms with Gasteiger partial charge in [0.2, 0.25) is 5.91 Å². The Morgan fingerprint density at radius 1 is 1.11 bits per heavy atom. The smallest absolute Gasteiger partial charge is 0.250 e. The van der Waals surface area contributed by atoms with Crippen LogP contribution in [0.2, 0.25) is 0 Å². The van der Waals surface area contributed by atoms with Crippen LogP contribution in [-0.4, -0.2) is 65.3 Å². The number of methoxy groups -OCH3 is 1. The van der Waals surface area contributed by atoms with Gasteiger partial charge in [0.15, 0.2) is 0 Å². The number of piperidine rings is 1. The first-order valence-corrected chi connectivity index (χ1v) is 12.1. The summed E-state index contributed by atoms with van der Waals surface area (Å²) < 4.78 is 13.0. The van der Waals surface area contributed by atoms with Crippen LogP contribution in [0.4, 0.5) is 5.82 Å². The van der Waals surface area contributed by atoms with E-state index in [0.29, 0.717) is 6.54 Å². The lowest BCUT2D eigenvalue weighted by molar-refractivity contribution is -0.129. The third-order valence-electron chi connectivity index (χ3n) is 6.49. The van der Waals surface area contributed by atoms with Crippen LogP contribution in [-0.2, 0) is 16.1 Å². The molecule has 1 amide bonds. The van der Waals surface area contributed by atoms with Crippen molar-refractivity contribution in [2.75, 3.05) is 44.9 Å². The van der Waals surface area contributed by atoms with Crippen molar-refractivity contribution < 1.29 is 14.3 Å². The number of carbonyl (C=O) groups is 1. The van der Waals surface area contributed by atoms with E-state index >= 15 is 0 Å². The lowest BCUT2D eigenvalue weighted by Crippen LogP contribution is -2.37. The maximum absolute atomic E-state index is 13.3. The van der Waals surface area contributed by atoms with E-state index in [-0.39, 0.29) is 5.91 Å². The summed E-state index contributed by atoms with van der Waals surface area (Å²) in [6.45, 7) is 6.46. The molecule has 2 aliphatic rings. The van der Waals surface area contributed by atoms with Crippen LogP contribution in [0.15, 0.2) is 54.6 Å². The maximum atomic E-state index is 13.3. The zero-order valence-corrected chi connectivity index (χ0v) is 20.3. The van der Waals surface area contributed by atoms with Gasteiger partial charge in [-0.05, 0) is 55.2 Å². The molecule has 0 saturated carbocycles. The van der Waals surface area contributed by atoms with Gasteiger partial charge < -0.3 is 23.8 Å². The number of likely N-dealkylation sites (tertiary alicyclic amines) is 1. The second-order valence-electron chi connectivity index (χ2n) is 8.98. The van der Waals surface area contributed by atoms with Crippen LogP contribution in [0.25, 0.3) is 11.8 Å². The van der Waals surface area contributed by atoms with Crippen molar-refractivity contribution in [1.82, 2.24) is 19.4 Å². The number of hydrogen-bond donors (Lipinski definition) is 0. The zero-order chi connectivity index (χ0) is 24.2. The number of benzene rings is 1. The van der Waals surface area contributed by atoms with Crippen LogP contribution in [0, 0.1) is 6.92 Å². The Bertz CT molecular complexity index is 1210. The molecule has 8 nitrogen and oxygen atoms in total. The Kier molecular flexibility index (Phi) is 6.81. The average molecular weight is 474 g/mol. The highest BCUT2D eigenvalue weighted by Crippen LogP contribution is 2.28. The highest BCUT2D eigenvalue weighted by molar-refractivity contribution is 5.98. The van der Waals surface area contributed by atoms with Crippen LogP contribution in [0.1, 0.15) is 29.7 Å². The van der Waals surface area contributed by atoms with Gasteiger partial charge in [-0.25, -0.2) is 9.97 Å². The molecule has 182 valence electrons. The van der Waals surface area contributed by atoms with E-state index in [4.69, 9.17) is 9.47 Å². The first kappa shape index (κ1) is 23.1. The van der Waals surface area contributed by atoms with Crippen molar-refractivity contribution in [3.8, 4) is 11.4 Å². The lowest BCUT2D eigenvalue weighted by Gasteiger charge is -2.29. The highest BCUT2D eigenvalue weighted by atomic mass is 16.5. The first-order valence-electron chi connectivity index (χ1n) is 12.1. The number of hydrogen-bond acceptors (Lipinski definition) is 6. The number of anilines is 1. The molecule has 0 radical (unpaired) electrons. The summed E-state index contributed by atoms with van der Waals surface area (Å²) >= 11 is 0. The topological polar surface area (TPSA) is 72.7 Å². The van der Waals surface area contributed by atoms with Gasteiger partial charge >= 0.3 is 0 Å². The molecule has 8 heteroatoms. The number of aromatic nitrogens is 3. The quantitative estimate of drug-likeness (QED) is 0.509. The van der Waals surface area contributed by atoms with Crippen LogP contribution < -0.4 is 9.64 Å². The minimum atomic E-state index is 0.0850.